The lowest BCUT2D eigenvalue weighted by Gasteiger charge is -2.19. The summed E-state index contributed by atoms with van der Waals surface area (Å²) in [4.78, 5) is 2.45. The Morgan fingerprint density at radius 3 is 2.35 bits per heavy atom. The van der Waals surface area contributed by atoms with Crippen LogP contribution in [0.1, 0.15) is 17.5 Å². The van der Waals surface area contributed by atoms with Gasteiger partial charge in [-0.2, -0.15) is 0 Å². The van der Waals surface area contributed by atoms with Gasteiger partial charge in [-0.3, -0.25) is 0 Å². The van der Waals surface area contributed by atoms with Crippen LogP contribution in [0.4, 0.5) is 5.69 Å². The number of benzene rings is 2. The molecule has 0 spiro atoms. The molecule has 0 unspecified atom stereocenters. The third-order valence-corrected chi connectivity index (χ3v) is 5.41. The summed E-state index contributed by atoms with van der Waals surface area (Å²) >= 11 is 0. The molecule has 5 heteroatoms. The van der Waals surface area contributed by atoms with E-state index < -0.39 is 10.0 Å². The highest BCUT2D eigenvalue weighted by Crippen LogP contribution is 2.15. The van der Waals surface area contributed by atoms with E-state index in [0.717, 1.165) is 29.8 Å². The third-order valence-electron chi connectivity index (χ3n) is 3.95. The fourth-order valence-electron chi connectivity index (χ4n) is 2.30. The van der Waals surface area contributed by atoms with Gasteiger partial charge in [-0.05, 0) is 55.7 Å². The van der Waals surface area contributed by atoms with Crippen molar-refractivity contribution in [2.24, 2.45) is 0 Å². The average Bonchev–Trinajstić information content (AvgIpc) is 2.54. The van der Waals surface area contributed by atoms with Crippen LogP contribution in [0.3, 0.4) is 0 Å². The third kappa shape index (κ3) is 4.81. The van der Waals surface area contributed by atoms with E-state index in [1.165, 1.54) is 0 Å². The van der Waals surface area contributed by atoms with E-state index in [1.54, 1.807) is 12.1 Å². The molecule has 2 aromatic carbocycles. The van der Waals surface area contributed by atoms with Crippen LogP contribution in [0.2, 0.25) is 0 Å². The fourth-order valence-corrected chi connectivity index (χ4v) is 3.46. The molecule has 2 rings (SSSR count). The zero-order valence-electron chi connectivity index (χ0n) is 13.9. The van der Waals surface area contributed by atoms with Gasteiger partial charge in [0.05, 0.1) is 4.90 Å². The van der Waals surface area contributed by atoms with Crippen molar-refractivity contribution in [3.05, 3.63) is 59.7 Å². The Kier molecular flexibility index (Phi) is 5.80. The van der Waals surface area contributed by atoms with Crippen LogP contribution in [0, 0.1) is 13.8 Å². The molecule has 2 aromatic rings. The molecule has 0 aliphatic heterocycles. The monoisotopic (exact) mass is 332 g/mol. The van der Waals surface area contributed by atoms with E-state index in [2.05, 4.69) is 9.62 Å². The zero-order chi connectivity index (χ0) is 16.9. The van der Waals surface area contributed by atoms with Crippen LogP contribution >= 0.6 is 0 Å². The molecule has 0 bridgehead atoms. The van der Waals surface area contributed by atoms with Crippen molar-refractivity contribution >= 4 is 15.7 Å². The quantitative estimate of drug-likeness (QED) is 0.793. The Balaban J connectivity index is 1.86. The van der Waals surface area contributed by atoms with Crippen LogP contribution in [0.5, 0.6) is 0 Å². The van der Waals surface area contributed by atoms with E-state index in [4.69, 9.17) is 0 Å². The number of sulfonamides is 1. The lowest BCUT2D eigenvalue weighted by atomic mass is 10.1. The molecule has 0 saturated carbocycles. The summed E-state index contributed by atoms with van der Waals surface area (Å²) in [5.74, 6) is 0. The largest absolute Gasteiger partial charge is 0.375 e. The molecule has 0 atom stereocenters. The summed E-state index contributed by atoms with van der Waals surface area (Å²) in [6.07, 6.45) is 0.746. The molecule has 0 aliphatic rings. The molecule has 4 nitrogen and oxygen atoms in total. The van der Waals surface area contributed by atoms with Gasteiger partial charge in [-0.1, -0.05) is 24.3 Å². The maximum Gasteiger partial charge on any atom is 0.240 e. The molecule has 0 fully saturated rings. The van der Waals surface area contributed by atoms with Gasteiger partial charge < -0.3 is 4.90 Å². The Morgan fingerprint density at radius 2 is 1.70 bits per heavy atom. The molecular formula is C18H24N2O2S. The maximum atomic E-state index is 12.3. The number of rotatable bonds is 7. The summed E-state index contributed by atoms with van der Waals surface area (Å²) in [7, 11) is -1.42. The Hall–Kier alpha value is -1.85. The van der Waals surface area contributed by atoms with Crippen molar-refractivity contribution in [2.75, 3.05) is 25.0 Å². The fraction of sp³-hybridized carbons (Fsp3) is 0.333. The number of nitrogens with one attached hydrogen (secondary N) is 1. The van der Waals surface area contributed by atoms with Crippen molar-refractivity contribution in [3.8, 4) is 0 Å². The number of hydrogen-bond acceptors (Lipinski definition) is 3. The highest BCUT2D eigenvalue weighted by Gasteiger charge is 2.13. The Bertz CT molecular complexity index is 743. The molecular weight excluding hydrogens is 308 g/mol. The predicted octanol–water partition coefficient (Wildman–Crippen LogP) is 3.11. The van der Waals surface area contributed by atoms with Crippen LogP contribution < -0.4 is 9.62 Å². The number of para-hydroxylation sites is 1. The molecule has 0 aliphatic carbocycles. The van der Waals surface area contributed by atoms with Crippen LogP contribution in [-0.2, 0) is 10.0 Å². The van der Waals surface area contributed by atoms with Gasteiger partial charge in [-0.15, -0.1) is 0 Å². The van der Waals surface area contributed by atoms with Gasteiger partial charge in [0.2, 0.25) is 10.0 Å². The van der Waals surface area contributed by atoms with E-state index in [9.17, 15) is 8.42 Å². The highest BCUT2D eigenvalue weighted by atomic mass is 32.2. The van der Waals surface area contributed by atoms with Crippen molar-refractivity contribution in [2.45, 2.75) is 25.2 Å². The molecule has 0 saturated heterocycles. The van der Waals surface area contributed by atoms with E-state index in [-0.39, 0.29) is 0 Å². The Labute approximate surface area is 139 Å². The molecule has 0 radical (unpaired) electrons. The number of aryl methyl sites for hydroxylation is 2. The number of hydrogen-bond donors (Lipinski definition) is 1. The minimum absolute atomic E-state index is 0.331. The molecule has 0 amide bonds. The Morgan fingerprint density at radius 1 is 1.00 bits per heavy atom. The van der Waals surface area contributed by atoms with Crippen LogP contribution in [0.25, 0.3) is 0 Å². The van der Waals surface area contributed by atoms with Crippen LogP contribution in [-0.4, -0.2) is 28.6 Å². The minimum atomic E-state index is -3.43. The average molecular weight is 332 g/mol. The van der Waals surface area contributed by atoms with Crippen molar-refractivity contribution in [3.63, 3.8) is 0 Å². The number of anilines is 1. The minimum Gasteiger partial charge on any atom is -0.375 e. The second kappa shape index (κ2) is 7.62. The molecule has 124 valence electrons. The lowest BCUT2D eigenvalue weighted by Crippen LogP contribution is -2.28. The normalized spacial score (nSPS) is 11.4. The standard InChI is InChI=1S/C18H24N2O2S/c1-15-10-11-18(14-16(15)2)23(21,22)19-12-7-13-20(3)17-8-5-4-6-9-17/h4-6,8-11,14,19H,7,12-13H2,1-3H3. The zero-order valence-corrected chi connectivity index (χ0v) is 14.7. The van der Waals surface area contributed by atoms with Crippen molar-refractivity contribution in [1.29, 1.82) is 0 Å². The van der Waals surface area contributed by atoms with Gasteiger partial charge in [0.15, 0.2) is 0 Å². The topological polar surface area (TPSA) is 49.4 Å². The predicted molar refractivity (Wildman–Crippen MR) is 95.4 cm³/mol. The van der Waals surface area contributed by atoms with E-state index >= 15 is 0 Å². The summed E-state index contributed by atoms with van der Waals surface area (Å²) in [5.41, 5.74) is 3.20. The van der Waals surface area contributed by atoms with Crippen molar-refractivity contribution < 1.29 is 8.42 Å². The van der Waals surface area contributed by atoms with Gasteiger partial charge in [0.1, 0.15) is 0 Å². The summed E-state index contributed by atoms with van der Waals surface area (Å²) < 4.78 is 27.2. The van der Waals surface area contributed by atoms with Crippen LogP contribution in [0.15, 0.2) is 53.4 Å². The second-order valence-corrected chi connectivity index (χ2v) is 7.52. The maximum absolute atomic E-state index is 12.3. The molecule has 1 N–H and O–H groups in total. The first-order valence-corrected chi connectivity index (χ1v) is 9.21. The van der Waals surface area contributed by atoms with Gasteiger partial charge in [-0.25, -0.2) is 13.1 Å². The van der Waals surface area contributed by atoms with Gasteiger partial charge in [0, 0.05) is 25.8 Å². The first-order chi connectivity index (χ1) is 10.9. The first-order valence-electron chi connectivity index (χ1n) is 7.73. The summed E-state index contributed by atoms with van der Waals surface area (Å²) in [5, 5.41) is 0. The summed E-state index contributed by atoms with van der Waals surface area (Å²) in [6.45, 7) is 5.10. The smallest absolute Gasteiger partial charge is 0.240 e. The summed E-state index contributed by atoms with van der Waals surface area (Å²) in [6, 6.07) is 15.3. The van der Waals surface area contributed by atoms with E-state index in [0.29, 0.717) is 11.4 Å². The lowest BCUT2D eigenvalue weighted by molar-refractivity contribution is 0.579. The first kappa shape index (κ1) is 17.5. The number of nitrogens with zero attached hydrogens (tertiary/aromatic N) is 1. The molecule has 0 heterocycles. The highest BCUT2D eigenvalue weighted by molar-refractivity contribution is 7.89. The SMILES string of the molecule is Cc1ccc(S(=O)(=O)NCCCN(C)c2ccccc2)cc1C. The van der Waals surface area contributed by atoms with Gasteiger partial charge in [0.25, 0.3) is 0 Å². The second-order valence-electron chi connectivity index (χ2n) is 5.75. The van der Waals surface area contributed by atoms with Gasteiger partial charge >= 0.3 is 0 Å². The molecule has 0 aromatic heterocycles. The van der Waals surface area contributed by atoms with Crippen molar-refractivity contribution in [1.82, 2.24) is 4.72 Å². The van der Waals surface area contributed by atoms with E-state index in [1.807, 2.05) is 57.3 Å². The molecule has 23 heavy (non-hydrogen) atoms.